The minimum absolute atomic E-state index is 0.0970. The number of rotatable bonds is 5. The van der Waals surface area contributed by atoms with Gasteiger partial charge in [-0.3, -0.25) is 0 Å². The van der Waals surface area contributed by atoms with Gasteiger partial charge in [0.2, 0.25) is 5.13 Å². The summed E-state index contributed by atoms with van der Waals surface area (Å²) in [6.07, 6.45) is 1.85. The zero-order chi connectivity index (χ0) is 18.1. The standard InChI is InChI=1S/C17H17N7OS/c1-3-25-12-5-7-13-11(8-12)4-6-14(19-13)15-9-24(23-20-15)10(2)16-21-22-17(18)26-16/h4-10H,3H2,1-2H3,(H2,18,22)/t10-/m1/s1. The molecule has 3 heterocycles. The summed E-state index contributed by atoms with van der Waals surface area (Å²) < 4.78 is 7.27. The molecule has 26 heavy (non-hydrogen) atoms. The first-order valence-corrected chi connectivity index (χ1v) is 9.00. The summed E-state index contributed by atoms with van der Waals surface area (Å²) in [5.41, 5.74) is 7.99. The normalized spacial score (nSPS) is 12.4. The van der Waals surface area contributed by atoms with Gasteiger partial charge < -0.3 is 10.5 Å². The van der Waals surface area contributed by atoms with Crippen molar-refractivity contribution in [3.63, 3.8) is 0 Å². The van der Waals surface area contributed by atoms with E-state index in [1.165, 1.54) is 11.3 Å². The lowest BCUT2D eigenvalue weighted by Gasteiger charge is -2.06. The van der Waals surface area contributed by atoms with E-state index in [0.29, 0.717) is 17.4 Å². The number of fused-ring (bicyclic) bond motifs is 1. The summed E-state index contributed by atoms with van der Waals surface area (Å²) in [5.74, 6) is 0.839. The van der Waals surface area contributed by atoms with Crippen LogP contribution in [-0.4, -0.2) is 36.8 Å². The lowest BCUT2D eigenvalue weighted by molar-refractivity contribution is 0.340. The van der Waals surface area contributed by atoms with Crippen LogP contribution in [0, 0.1) is 0 Å². The molecule has 0 bridgehead atoms. The predicted octanol–water partition coefficient (Wildman–Crippen LogP) is 2.94. The Kier molecular flexibility index (Phi) is 4.21. The summed E-state index contributed by atoms with van der Waals surface area (Å²) in [6, 6.07) is 9.69. The highest BCUT2D eigenvalue weighted by Crippen LogP contribution is 2.25. The van der Waals surface area contributed by atoms with Crippen LogP contribution in [0.15, 0.2) is 36.5 Å². The van der Waals surface area contributed by atoms with Crippen molar-refractivity contribution < 1.29 is 4.74 Å². The molecule has 0 aliphatic heterocycles. The third kappa shape index (κ3) is 3.08. The van der Waals surface area contributed by atoms with Gasteiger partial charge in [-0.15, -0.1) is 15.3 Å². The summed E-state index contributed by atoms with van der Waals surface area (Å²) >= 11 is 1.34. The molecule has 3 aromatic heterocycles. The van der Waals surface area contributed by atoms with Gasteiger partial charge in [-0.05, 0) is 38.1 Å². The van der Waals surface area contributed by atoms with E-state index in [1.807, 2.05) is 50.4 Å². The van der Waals surface area contributed by atoms with Crippen LogP contribution in [0.5, 0.6) is 5.75 Å². The van der Waals surface area contributed by atoms with Gasteiger partial charge in [0.15, 0.2) is 0 Å². The van der Waals surface area contributed by atoms with Crippen molar-refractivity contribution in [3.05, 3.63) is 41.5 Å². The Morgan fingerprint density at radius 1 is 1.15 bits per heavy atom. The van der Waals surface area contributed by atoms with E-state index in [4.69, 9.17) is 10.5 Å². The van der Waals surface area contributed by atoms with Gasteiger partial charge in [0, 0.05) is 5.39 Å². The Labute approximate surface area is 153 Å². The predicted molar refractivity (Wildman–Crippen MR) is 100 cm³/mol. The molecule has 0 amide bonds. The number of nitrogens with two attached hydrogens (primary N) is 1. The molecule has 9 heteroatoms. The number of nitrogens with zero attached hydrogens (tertiary/aromatic N) is 6. The van der Waals surface area contributed by atoms with Crippen molar-refractivity contribution in [2.24, 2.45) is 0 Å². The molecular weight excluding hydrogens is 350 g/mol. The van der Waals surface area contributed by atoms with Gasteiger partial charge in [-0.1, -0.05) is 22.6 Å². The highest BCUT2D eigenvalue weighted by Gasteiger charge is 2.16. The van der Waals surface area contributed by atoms with Crippen molar-refractivity contribution >= 4 is 27.4 Å². The minimum Gasteiger partial charge on any atom is -0.494 e. The highest BCUT2D eigenvalue weighted by atomic mass is 32.1. The smallest absolute Gasteiger partial charge is 0.203 e. The average Bonchev–Trinajstić information content (AvgIpc) is 3.30. The van der Waals surface area contributed by atoms with E-state index in [1.54, 1.807) is 4.68 Å². The third-order valence-electron chi connectivity index (χ3n) is 3.95. The minimum atomic E-state index is -0.0970. The molecule has 8 nitrogen and oxygen atoms in total. The maximum absolute atomic E-state index is 5.65. The molecule has 0 aliphatic rings. The van der Waals surface area contributed by atoms with Crippen molar-refractivity contribution in [1.82, 2.24) is 30.2 Å². The van der Waals surface area contributed by atoms with Crippen LogP contribution in [0.4, 0.5) is 5.13 Å². The number of pyridine rings is 1. The van der Waals surface area contributed by atoms with E-state index in [-0.39, 0.29) is 6.04 Å². The fourth-order valence-electron chi connectivity index (χ4n) is 2.61. The molecule has 4 rings (SSSR count). The molecule has 0 radical (unpaired) electrons. The number of hydrogen-bond donors (Lipinski definition) is 1. The van der Waals surface area contributed by atoms with E-state index in [0.717, 1.165) is 27.4 Å². The van der Waals surface area contributed by atoms with E-state index < -0.39 is 0 Å². The fraction of sp³-hybridized carbons (Fsp3) is 0.235. The lowest BCUT2D eigenvalue weighted by Crippen LogP contribution is -2.07. The average molecular weight is 367 g/mol. The van der Waals surface area contributed by atoms with Gasteiger partial charge >= 0.3 is 0 Å². The summed E-state index contributed by atoms with van der Waals surface area (Å²) in [4.78, 5) is 4.68. The molecule has 1 atom stereocenters. The number of hydrogen-bond acceptors (Lipinski definition) is 8. The second kappa shape index (κ2) is 6.68. The summed E-state index contributed by atoms with van der Waals surface area (Å²) in [5, 5.41) is 18.6. The van der Waals surface area contributed by atoms with Crippen LogP contribution >= 0.6 is 11.3 Å². The molecule has 0 aliphatic carbocycles. The third-order valence-corrected chi connectivity index (χ3v) is 4.88. The Bertz CT molecular complexity index is 1060. The van der Waals surface area contributed by atoms with Crippen LogP contribution in [0.1, 0.15) is 24.9 Å². The molecule has 0 spiro atoms. The van der Waals surface area contributed by atoms with Crippen LogP contribution in [-0.2, 0) is 0 Å². The van der Waals surface area contributed by atoms with E-state index in [2.05, 4.69) is 25.5 Å². The molecule has 0 saturated heterocycles. The molecule has 1 aromatic carbocycles. The van der Waals surface area contributed by atoms with Gasteiger partial charge in [-0.2, -0.15) is 0 Å². The van der Waals surface area contributed by atoms with Crippen molar-refractivity contribution in [2.75, 3.05) is 12.3 Å². The maximum Gasteiger partial charge on any atom is 0.203 e. The topological polar surface area (TPSA) is 105 Å². The first-order valence-electron chi connectivity index (χ1n) is 8.18. The Balaban J connectivity index is 1.63. The maximum atomic E-state index is 5.65. The largest absolute Gasteiger partial charge is 0.494 e. The van der Waals surface area contributed by atoms with Gasteiger partial charge in [0.1, 0.15) is 22.5 Å². The lowest BCUT2D eigenvalue weighted by atomic mass is 10.2. The molecule has 0 fully saturated rings. The summed E-state index contributed by atoms with van der Waals surface area (Å²) in [7, 11) is 0. The zero-order valence-electron chi connectivity index (χ0n) is 14.3. The molecule has 4 aromatic rings. The quantitative estimate of drug-likeness (QED) is 0.578. The fourth-order valence-corrected chi connectivity index (χ4v) is 3.27. The zero-order valence-corrected chi connectivity index (χ0v) is 15.1. The van der Waals surface area contributed by atoms with Crippen LogP contribution < -0.4 is 10.5 Å². The van der Waals surface area contributed by atoms with E-state index >= 15 is 0 Å². The number of benzene rings is 1. The first-order chi connectivity index (χ1) is 12.6. The van der Waals surface area contributed by atoms with Gasteiger partial charge in [0.05, 0.1) is 24.0 Å². The summed E-state index contributed by atoms with van der Waals surface area (Å²) in [6.45, 7) is 4.58. The molecule has 2 N–H and O–H groups in total. The molecule has 0 unspecified atom stereocenters. The SMILES string of the molecule is CCOc1ccc2nc(-c3cn([C@H](C)c4nnc(N)s4)nn3)ccc2c1. The van der Waals surface area contributed by atoms with Crippen LogP contribution in [0.2, 0.25) is 0 Å². The van der Waals surface area contributed by atoms with Gasteiger partial charge in [-0.25, -0.2) is 9.67 Å². The number of ether oxygens (including phenoxy) is 1. The second-order valence-corrected chi connectivity index (χ2v) is 6.76. The van der Waals surface area contributed by atoms with Gasteiger partial charge in [0.25, 0.3) is 0 Å². The monoisotopic (exact) mass is 367 g/mol. The number of anilines is 1. The number of aromatic nitrogens is 6. The second-order valence-electron chi connectivity index (χ2n) is 5.72. The van der Waals surface area contributed by atoms with E-state index in [9.17, 15) is 0 Å². The molecule has 0 saturated carbocycles. The van der Waals surface area contributed by atoms with Crippen LogP contribution in [0.3, 0.4) is 0 Å². The Morgan fingerprint density at radius 2 is 2.04 bits per heavy atom. The molecular formula is C17H17N7OS. The van der Waals surface area contributed by atoms with Crippen LogP contribution in [0.25, 0.3) is 22.3 Å². The van der Waals surface area contributed by atoms with Crippen molar-refractivity contribution in [3.8, 4) is 17.1 Å². The Morgan fingerprint density at radius 3 is 2.81 bits per heavy atom. The molecule has 132 valence electrons. The van der Waals surface area contributed by atoms with Crippen molar-refractivity contribution in [1.29, 1.82) is 0 Å². The highest BCUT2D eigenvalue weighted by molar-refractivity contribution is 7.15. The Hall–Kier alpha value is -3.07. The van der Waals surface area contributed by atoms with Crippen molar-refractivity contribution in [2.45, 2.75) is 19.9 Å². The number of nitrogen functional groups attached to an aromatic ring is 1. The first kappa shape index (κ1) is 16.4.